The zero-order valence-electron chi connectivity index (χ0n) is 18.9. The molecule has 0 unspecified atom stereocenters. The average Bonchev–Trinajstić information content (AvgIpc) is 3.38. The molecule has 2 fully saturated rings. The summed E-state index contributed by atoms with van der Waals surface area (Å²) >= 11 is 1.89. The van der Waals surface area contributed by atoms with Crippen molar-refractivity contribution in [1.29, 1.82) is 0 Å². The van der Waals surface area contributed by atoms with Crippen molar-refractivity contribution in [3.8, 4) is 0 Å². The third kappa shape index (κ3) is 4.11. The Morgan fingerprint density at radius 2 is 1.87 bits per heavy atom. The zero-order valence-corrected chi connectivity index (χ0v) is 19.7. The largest absolute Gasteiger partial charge is 0.378 e. The maximum atomic E-state index is 12.9. The maximum absolute atomic E-state index is 12.9. The van der Waals surface area contributed by atoms with Gasteiger partial charge in [0, 0.05) is 28.3 Å². The predicted molar refractivity (Wildman–Crippen MR) is 131 cm³/mol. The number of carbonyl (C=O) groups excluding carboxylic acids is 1. The molecule has 1 aliphatic heterocycles. The maximum Gasteiger partial charge on any atom is 0.251 e. The molecule has 1 heterocycles. The quantitative estimate of drug-likeness (QED) is 0.547. The normalized spacial score (nSPS) is 28.5. The van der Waals surface area contributed by atoms with E-state index < -0.39 is 0 Å². The van der Waals surface area contributed by atoms with Gasteiger partial charge in [0.1, 0.15) is 0 Å². The van der Waals surface area contributed by atoms with Crippen molar-refractivity contribution < 1.29 is 4.79 Å². The second-order valence-electron chi connectivity index (χ2n) is 10.5. The standard InChI is InChI=1S/C27H34N2OS/c1-27(2,3)31-14-13-28-26(30)20-11-12-22-21(16-20)23-18-9-10-19(15-18)24(23)25(29-22)17-7-5-4-6-8-17/h4-8,11-12,16,18-19,23-25,29H,9-10,13-15H2,1-3H3,(H,28,30)/t18-,19-,23-,24+,25-/m0/s1. The van der Waals surface area contributed by atoms with Crippen molar-refractivity contribution in [3.63, 3.8) is 0 Å². The Balaban J connectivity index is 1.38. The molecule has 2 aliphatic carbocycles. The van der Waals surface area contributed by atoms with Crippen molar-refractivity contribution in [2.45, 2.75) is 56.7 Å². The summed E-state index contributed by atoms with van der Waals surface area (Å²) < 4.78 is 0.230. The molecule has 3 nitrogen and oxygen atoms in total. The lowest BCUT2D eigenvalue weighted by atomic mass is 9.68. The molecule has 2 aromatic carbocycles. The Hall–Kier alpha value is -1.94. The Morgan fingerprint density at radius 3 is 2.65 bits per heavy atom. The monoisotopic (exact) mass is 434 g/mol. The highest BCUT2D eigenvalue weighted by Gasteiger charge is 2.53. The molecule has 5 atom stereocenters. The zero-order chi connectivity index (χ0) is 21.6. The van der Waals surface area contributed by atoms with Crippen LogP contribution in [0.15, 0.2) is 48.5 Å². The molecule has 1 amide bonds. The molecule has 0 radical (unpaired) electrons. The average molecular weight is 435 g/mol. The topological polar surface area (TPSA) is 41.1 Å². The molecule has 164 valence electrons. The number of thioether (sulfide) groups is 1. The number of anilines is 1. The summed E-state index contributed by atoms with van der Waals surface area (Å²) in [5.41, 5.74) is 4.80. The van der Waals surface area contributed by atoms with Gasteiger partial charge in [-0.3, -0.25) is 4.79 Å². The SMILES string of the molecule is CC(C)(C)SCCNC(=O)c1ccc2c(c1)[C@@H]1[C@H]3CC[C@@H](C3)[C@H]1[C@H](c1ccccc1)N2. The van der Waals surface area contributed by atoms with Gasteiger partial charge in [-0.1, -0.05) is 51.1 Å². The molecular weight excluding hydrogens is 400 g/mol. The summed E-state index contributed by atoms with van der Waals surface area (Å²) in [5.74, 6) is 3.77. The van der Waals surface area contributed by atoms with Crippen LogP contribution in [0.2, 0.25) is 0 Å². The van der Waals surface area contributed by atoms with Crippen LogP contribution in [0.1, 0.15) is 73.5 Å². The van der Waals surface area contributed by atoms with Gasteiger partial charge < -0.3 is 10.6 Å². The number of rotatable bonds is 5. The lowest BCUT2D eigenvalue weighted by molar-refractivity contribution is 0.0956. The minimum absolute atomic E-state index is 0.0576. The summed E-state index contributed by atoms with van der Waals surface area (Å²) in [6, 6.07) is 17.6. The summed E-state index contributed by atoms with van der Waals surface area (Å²) in [7, 11) is 0. The number of carbonyl (C=O) groups is 1. The van der Waals surface area contributed by atoms with E-state index in [-0.39, 0.29) is 10.7 Å². The molecule has 4 heteroatoms. The van der Waals surface area contributed by atoms with Crippen LogP contribution in [0, 0.1) is 17.8 Å². The third-order valence-corrected chi connectivity index (χ3v) is 8.71. The molecule has 2 N–H and O–H groups in total. The molecule has 2 bridgehead atoms. The van der Waals surface area contributed by atoms with Crippen LogP contribution in [-0.4, -0.2) is 23.0 Å². The minimum atomic E-state index is 0.0576. The molecule has 3 aliphatic rings. The third-order valence-electron chi connectivity index (χ3n) is 7.43. The second kappa shape index (κ2) is 8.20. The van der Waals surface area contributed by atoms with Crippen molar-refractivity contribution in [2.24, 2.45) is 17.8 Å². The highest BCUT2D eigenvalue weighted by molar-refractivity contribution is 8.00. The fourth-order valence-corrected chi connectivity index (χ4v) is 7.06. The molecule has 2 saturated carbocycles. The minimum Gasteiger partial charge on any atom is -0.378 e. The summed E-state index contributed by atoms with van der Waals surface area (Å²) in [6.07, 6.45) is 4.05. The van der Waals surface area contributed by atoms with Gasteiger partial charge in [-0.25, -0.2) is 0 Å². The molecule has 0 saturated heterocycles. The van der Waals surface area contributed by atoms with Crippen LogP contribution in [-0.2, 0) is 0 Å². The number of amides is 1. The number of hydrogen-bond donors (Lipinski definition) is 2. The first-order chi connectivity index (χ1) is 14.9. The van der Waals surface area contributed by atoms with E-state index >= 15 is 0 Å². The molecule has 2 aromatic rings. The van der Waals surface area contributed by atoms with Gasteiger partial charge in [-0.05, 0) is 72.3 Å². The second-order valence-corrected chi connectivity index (χ2v) is 12.4. The van der Waals surface area contributed by atoms with E-state index in [4.69, 9.17) is 0 Å². The van der Waals surface area contributed by atoms with Gasteiger partial charge in [0.15, 0.2) is 0 Å². The molecule has 0 spiro atoms. The van der Waals surface area contributed by atoms with Gasteiger partial charge >= 0.3 is 0 Å². The summed E-state index contributed by atoms with van der Waals surface area (Å²) in [6.45, 7) is 7.35. The molecule has 0 aromatic heterocycles. The van der Waals surface area contributed by atoms with Crippen LogP contribution in [0.3, 0.4) is 0 Å². The van der Waals surface area contributed by atoms with Crippen LogP contribution in [0.25, 0.3) is 0 Å². The van der Waals surface area contributed by atoms with E-state index in [9.17, 15) is 4.79 Å². The van der Waals surface area contributed by atoms with Crippen LogP contribution in [0.4, 0.5) is 5.69 Å². The molecule has 31 heavy (non-hydrogen) atoms. The number of benzene rings is 2. The van der Waals surface area contributed by atoms with E-state index in [1.165, 1.54) is 36.1 Å². The Bertz CT molecular complexity index is 951. The van der Waals surface area contributed by atoms with E-state index in [0.29, 0.717) is 24.4 Å². The Kier molecular flexibility index (Phi) is 5.54. The van der Waals surface area contributed by atoms with Crippen LogP contribution >= 0.6 is 11.8 Å². The smallest absolute Gasteiger partial charge is 0.251 e. The molecular formula is C27H34N2OS. The van der Waals surface area contributed by atoms with Crippen LogP contribution in [0.5, 0.6) is 0 Å². The number of nitrogens with one attached hydrogen (secondary N) is 2. The summed E-state index contributed by atoms with van der Waals surface area (Å²) in [5, 5.41) is 7.00. The fourth-order valence-electron chi connectivity index (χ4n) is 6.24. The highest BCUT2D eigenvalue weighted by Crippen LogP contribution is 2.63. The Labute approximate surface area is 190 Å². The lowest BCUT2D eigenvalue weighted by Gasteiger charge is -2.43. The Morgan fingerprint density at radius 1 is 1.10 bits per heavy atom. The number of fused-ring (bicyclic) bond motifs is 7. The van der Waals surface area contributed by atoms with Crippen LogP contribution < -0.4 is 10.6 Å². The lowest BCUT2D eigenvalue weighted by Crippen LogP contribution is -2.36. The van der Waals surface area contributed by atoms with E-state index in [1.807, 2.05) is 17.8 Å². The van der Waals surface area contributed by atoms with Crippen molar-refractivity contribution in [3.05, 3.63) is 65.2 Å². The summed E-state index contributed by atoms with van der Waals surface area (Å²) in [4.78, 5) is 12.9. The molecule has 5 rings (SSSR count). The highest BCUT2D eigenvalue weighted by atomic mass is 32.2. The van der Waals surface area contributed by atoms with Gasteiger partial charge in [-0.15, -0.1) is 0 Å². The van der Waals surface area contributed by atoms with Crippen molar-refractivity contribution in [2.75, 3.05) is 17.6 Å². The van der Waals surface area contributed by atoms with Crippen molar-refractivity contribution in [1.82, 2.24) is 5.32 Å². The van der Waals surface area contributed by atoms with E-state index in [1.54, 1.807) is 0 Å². The van der Waals surface area contributed by atoms with E-state index in [0.717, 1.165) is 23.2 Å². The first kappa shape index (κ1) is 20.9. The van der Waals surface area contributed by atoms with E-state index in [2.05, 4.69) is 73.9 Å². The van der Waals surface area contributed by atoms with Gasteiger partial charge in [0.2, 0.25) is 0 Å². The number of hydrogen-bond acceptors (Lipinski definition) is 3. The van der Waals surface area contributed by atoms with Gasteiger partial charge in [-0.2, -0.15) is 11.8 Å². The predicted octanol–water partition coefficient (Wildman–Crippen LogP) is 6.24. The fraction of sp³-hybridized carbons (Fsp3) is 0.519. The van der Waals surface area contributed by atoms with Crippen molar-refractivity contribution >= 4 is 23.4 Å². The van der Waals surface area contributed by atoms with Gasteiger partial charge in [0.05, 0.1) is 6.04 Å². The van der Waals surface area contributed by atoms with Gasteiger partial charge in [0.25, 0.3) is 5.91 Å². The first-order valence-electron chi connectivity index (χ1n) is 11.8. The first-order valence-corrected chi connectivity index (χ1v) is 12.8.